The van der Waals surface area contributed by atoms with Crippen LogP contribution in [0.5, 0.6) is 0 Å². The summed E-state index contributed by atoms with van der Waals surface area (Å²) < 4.78 is 14.9. The van der Waals surface area contributed by atoms with Gasteiger partial charge >= 0.3 is 17.9 Å². The summed E-state index contributed by atoms with van der Waals surface area (Å²) in [6.45, 7) is 3.81. The van der Waals surface area contributed by atoms with Crippen LogP contribution < -0.4 is 0 Å². The molecule has 3 unspecified atom stereocenters. The normalized spacial score (nSPS) is 35.2. The van der Waals surface area contributed by atoms with Crippen molar-refractivity contribution in [2.75, 3.05) is 6.61 Å². The quantitative estimate of drug-likeness (QED) is 0.380. The van der Waals surface area contributed by atoms with Crippen LogP contribution in [0, 0.1) is 0 Å². The van der Waals surface area contributed by atoms with Gasteiger partial charge in [-0.3, -0.25) is 19.2 Å². The van der Waals surface area contributed by atoms with E-state index in [0.29, 0.717) is 0 Å². The van der Waals surface area contributed by atoms with Gasteiger partial charge in [0.05, 0.1) is 0 Å². The molecule has 0 aromatic carbocycles. The average molecular weight is 273 g/mol. The maximum atomic E-state index is 11.1. The highest BCUT2D eigenvalue weighted by atomic mass is 16.8. The second-order valence-electron chi connectivity index (χ2n) is 4.37. The lowest BCUT2D eigenvalue weighted by Crippen LogP contribution is -2.39. The SMILES string of the molecule is CC(=O)OC[C@H]1ON2C(OC(C)=O)C2[C@@H]1OC(C)=O. The molecule has 2 aliphatic rings. The third-order valence-corrected chi connectivity index (χ3v) is 2.75. The fourth-order valence-corrected chi connectivity index (χ4v) is 2.03. The highest BCUT2D eigenvalue weighted by Gasteiger charge is 2.67. The zero-order valence-corrected chi connectivity index (χ0v) is 10.8. The predicted octanol–water partition coefficient (Wildman–Crippen LogP) is -0.632. The van der Waals surface area contributed by atoms with Crippen molar-refractivity contribution in [1.29, 1.82) is 0 Å². The lowest BCUT2D eigenvalue weighted by Gasteiger charge is -2.21. The lowest BCUT2D eigenvalue weighted by atomic mass is 10.1. The number of carbonyl (C=O) groups is 3. The highest BCUT2D eigenvalue weighted by molar-refractivity contribution is 5.67. The van der Waals surface area contributed by atoms with Gasteiger partial charge in [-0.05, 0) is 0 Å². The molecule has 0 aromatic rings. The number of hydrogen-bond donors (Lipinski definition) is 0. The topological polar surface area (TPSA) is 91.1 Å². The smallest absolute Gasteiger partial charge is 0.304 e. The molecule has 8 heteroatoms. The van der Waals surface area contributed by atoms with Crippen LogP contribution in [0.25, 0.3) is 0 Å². The zero-order chi connectivity index (χ0) is 14.2. The molecule has 2 saturated heterocycles. The molecular formula is C11H15NO7. The van der Waals surface area contributed by atoms with E-state index in [1.54, 1.807) is 0 Å². The molecule has 5 atom stereocenters. The molecule has 0 aliphatic carbocycles. The van der Waals surface area contributed by atoms with E-state index >= 15 is 0 Å². The summed E-state index contributed by atoms with van der Waals surface area (Å²) >= 11 is 0. The van der Waals surface area contributed by atoms with Crippen molar-refractivity contribution in [3.8, 4) is 0 Å². The van der Waals surface area contributed by atoms with Gasteiger partial charge in [-0.25, -0.2) is 0 Å². The van der Waals surface area contributed by atoms with Crippen LogP contribution in [0.15, 0.2) is 0 Å². The van der Waals surface area contributed by atoms with Gasteiger partial charge in [0.2, 0.25) is 0 Å². The van der Waals surface area contributed by atoms with Crippen LogP contribution in [0.3, 0.4) is 0 Å². The minimum atomic E-state index is -0.624. The highest BCUT2D eigenvalue weighted by Crippen LogP contribution is 2.43. The Morgan fingerprint density at radius 2 is 1.68 bits per heavy atom. The molecule has 0 saturated carbocycles. The predicted molar refractivity (Wildman–Crippen MR) is 58.2 cm³/mol. The fraction of sp³-hybridized carbons (Fsp3) is 0.727. The van der Waals surface area contributed by atoms with E-state index in [-0.39, 0.29) is 12.6 Å². The minimum absolute atomic E-state index is 0.0208. The molecule has 2 aliphatic heterocycles. The molecule has 0 amide bonds. The Kier molecular flexibility index (Phi) is 3.72. The van der Waals surface area contributed by atoms with E-state index in [0.717, 1.165) is 0 Å². The molecule has 0 aromatic heterocycles. The molecule has 0 radical (unpaired) electrons. The Labute approximate surface area is 109 Å². The molecule has 2 heterocycles. The first-order chi connectivity index (χ1) is 8.90. The van der Waals surface area contributed by atoms with E-state index in [4.69, 9.17) is 19.0 Å². The Hall–Kier alpha value is -1.67. The number of nitrogens with zero attached hydrogens (tertiary/aromatic N) is 1. The third kappa shape index (κ3) is 3.02. The van der Waals surface area contributed by atoms with Crippen LogP contribution in [0.2, 0.25) is 0 Å². The average Bonchev–Trinajstić information content (AvgIpc) is 2.77. The van der Waals surface area contributed by atoms with Gasteiger partial charge in [0.25, 0.3) is 0 Å². The standard InChI is InChI=1S/C11H15NO7/c1-5(13)16-4-8-10(17-6(2)14)9-11(12(9)19-8)18-7(3)15/h8-11H,4H2,1-3H3/t8-,9?,10-,11?,12?/m1/s1. The van der Waals surface area contributed by atoms with Gasteiger partial charge < -0.3 is 14.2 Å². The van der Waals surface area contributed by atoms with Crippen molar-refractivity contribution >= 4 is 17.9 Å². The van der Waals surface area contributed by atoms with Crippen LogP contribution >= 0.6 is 0 Å². The van der Waals surface area contributed by atoms with Crippen molar-refractivity contribution in [3.05, 3.63) is 0 Å². The van der Waals surface area contributed by atoms with Gasteiger partial charge in [0, 0.05) is 20.8 Å². The third-order valence-electron chi connectivity index (χ3n) is 2.75. The number of ether oxygens (including phenoxy) is 3. The van der Waals surface area contributed by atoms with E-state index in [2.05, 4.69) is 0 Å². The molecule has 8 nitrogen and oxygen atoms in total. The molecule has 0 bridgehead atoms. The van der Waals surface area contributed by atoms with E-state index < -0.39 is 36.3 Å². The first kappa shape index (κ1) is 13.8. The van der Waals surface area contributed by atoms with Crippen LogP contribution in [-0.2, 0) is 33.4 Å². The summed E-state index contributed by atoms with van der Waals surface area (Å²) in [5.41, 5.74) is 0. The minimum Gasteiger partial charge on any atom is -0.463 e. The first-order valence-corrected chi connectivity index (χ1v) is 5.83. The molecule has 19 heavy (non-hydrogen) atoms. The monoisotopic (exact) mass is 273 g/mol. The van der Waals surface area contributed by atoms with Gasteiger partial charge in [-0.15, -0.1) is 5.06 Å². The van der Waals surface area contributed by atoms with E-state index in [1.165, 1.54) is 25.8 Å². The largest absolute Gasteiger partial charge is 0.463 e. The summed E-state index contributed by atoms with van der Waals surface area (Å²) in [4.78, 5) is 38.1. The summed E-state index contributed by atoms with van der Waals surface area (Å²) in [6.07, 6.45) is -1.75. The summed E-state index contributed by atoms with van der Waals surface area (Å²) in [5.74, 6) is -1.37. The fourth-order valence-electron chi connectivity index (χ4n) is 2.03. The number of fused-ring (bicyclic) bond motifs is 1. The van der Waals surface area contributed by atoms with Crippen LogP contribution in [0.4, 0.5) is 0 Å². The molecule has 2 rings (SSSR count). The molecular weight excluding hydrogens is 258 g/mol. The summed E-state index contributed by atoms with van der Waals surface area (Å²) in [5, 5.41) is 1.42. The maximum absolute atomic E-state index is 11.1. The lowest BCUT2D eigenvalue weighted by molar-refractivity contribution is -0.187. The number of carbonyl (C=O) groups excluding carboxylic acids is 3. The van der Waals surface area contributed by atoms with Gasteiger partial charge in [0.15, 0.2) is 18.4 Å². The maximum Gasteiger partial charge on any atom is 0.304 e. The second kappa shape index (κ2) is 5.14. The number of esters is 3. The van der Waals surface area contributed by atoms with Crippen molar-refractivity contribution in [2.24, 2.45) is 0 Å². The van der Waals surface area contributed by atoms with Gasteiger partial charge in [-0.1, -0.05) is 0 Å². The van der Waals surface area contributed by atoms with Crippen molar-refractivity contribution in [3.63, 3.8) is 0 Å². The van der Waals surface area contributed by atoms with Gasteiger partial charge in [-0.2, -0.15) is 0 Å². The Morgan fingerprint density at radius 3 is 2.21 bits per heavy atom. The Balaban J connectivity index is 1.95. The Morgan fingerprint density at radius 1 is 1.05 bits per heavy atom. The van der Waals surface area contributed by atoms with E-state index in [9.17, 15) is 14.4 Å². The number of hydrogen-bond acceptors (Lipinski definition) is 8. The molecule has 0 N–H and O–H groups in total. The van der Waals surface area contributed by atoms with Crippen molar-refractivity contribution in [1.82, 2.24) is 5.06 Å². The van der Waals surface area contributed by atoms with Crippen LogP contribution in [0.1, 0.15) is 20.8 Å². The van der Waals surface area contributed by atoms with Crippen molar-refractivity contribution < 1.29 is 33.4 Å². The zero-order valence-electron chi connectivity index (χ0n) is 10.8. The molecule has 0 spiro atoms. The first-order valence-electron chi connectivity index (χ1n) is 5.83. The summed E-state index contributed by atoms with van der Waals surface area (Å²) in [6, 6.07) is -0.339. The van der Waals surface area contributed by atoms with Gasteiger partial charge in [0.1, 0.15) is 12.6 Å². The summed E-state index contributed by atoms with van der Waals surface area (Å²) in [7, 11) is 0. The second-order valence-corrected chi connectivity index (χ2v) is 4.37. The molecule has 106 valence electrons. The Bertz CT molecular complexity index is 408. The molecule has 2 fully saturated rings. The van der Waals surface area contributed by atoms with Crippen LogP contribution in [-0.4, -0.2) is 54.1 Å². The van der Waals surface area contributed by atoms with E-state index in [1.807, 2.05) is 0 Å². The van der Waals surface area contributed by atoms with Crippen molar-refractivity contribution in [2.45, 2.75) is 45.2 Å². The number of hydroxylamine groups is 2. The number of rotatable bonds is 4.